The van der Waals surface area contributed by atoms with E-state index in [4.69, 9.17) is 0 Å². The van der Waals surface area contributed by atoms with Crippen LogP contribution in [0.3, 0.4) is 0 Å². The topological polar surface area (TPSA) is 54.4 Å². The molecule has 0 fully saturated rings. The van der Waals surface area contributed by atoms with E-state index in [0.717, 1.165) is 19.3 Å². The molecule has 0 amide bonds. The fourth-order valence-corrected chi connectivity index (χ4v) is 3.56. The third-order valence-electron chi connectivity index (χ3n) is 5.03. The van der Waals surface area contributed by atoms with E-state index in [9.17, 15) is 14.7 Å². The molecule has 0 aromatic heterocycles. The van der Waals surface area contributed by atoms with Crippen LogP contribution in [0.4, 0.5) is 0 Å². The van der Waals surface area contributed by atoms with Crippen LogP contribution in [0.25, 0.3) is 5.76 Å². The zero-order valence-corrected chi connectivity index (χ0v) is 14.3. The molecule has 3 nitrogen and oxygen atoms in total. The summed E-state index contributed by atoms with van der Waals surface area (Å²) in [4.78, 5) is 24.6. The molecule has 0 heterocycles. The van der Waals surface area contributed by atoms with Gasteiger partial charge in [0.15, 0.2) is 0 Å². The van der Waals surface area contributed by atoms with E-state index in [2.05, 4.69) is 20.8 Å². The van der Waals surface area contributed by atoms with Gasteiger partial charge in [0, 0.05) is 16.7 Å². The quantitative estimate of drug-likeness (QED) is 0.723. The lowest BCUT2D eigenvalue weighted by atomic mass is 9.81. The molecule has 0 radical (unpaired) electrons. The van der Waals surface area contributed by atoms with Crippen LogP contribution >= 0.6 is 0 Å². The summed E-state index contributed by atoms with van der Waals surface area (Å²) in [6, 6.07) is 6.78. The van der Waals surface area contributed by atoms with Crippen molar-refractivity contribution in [2.45, 2.75) is 52.9 Å². The van der Waals surface area contributed by atoms with Crippen molar-refractivity contribution in [3.8, 4) is 0 Å². The Bertz CT molecular complexity index is 628. The molecule has 0 bridgehead atoms. The van der Waals surface area contributed by atoms with Crippen molar-refractivity contribution in [1.82, 2.24) is 0 Å². The van der Waals surface area contributed by atoms with E-state index in [1.807, 2.05) is 0 Å². The second kappa shape index (κ2) is 7.58. The van der Waals surface area contributed by atoms with E-state index >= 15 is 0 Å². The maximum absolute atomic E-state index is 12.3. The van der Waals surface area contributed by atoms with Crippen molar-refractivity contribution in [1.29, 1.82) is 0 Å². The third-order valence-corrected chi connectivity index (χ3v) is 5.03. The minimum atomic E-state index is -0.542. The van der Waals surface area contributed by atoms with E-state index in [-0.39, 0.29) is 11.3 Å². The number of rotatable bonds is 7. The average molecular weight is 314 g/mol. The highest BCUT2D eigenvalue weighted by atomic mass is 16.3. The first kappa shape index (κ1) is 17.5. The number of carbonyl (C=O) groups excluding carboxylic acids is 2. The standard InChI is InChI=1S/C20H26O3/c1-4-8-13(3)14(5-2)11-12-17-18(21)15-9-6-7-10-16(15)19(22)20(17)23/h6-7,9-10,13-14,21H,4-5,8,11-12H2,1-3H3. The molecule has 1 aromatic rings. The molecule has 2 atom stereocenters. The molecule has 1 N–H and O–H groups in total. The number of benzene rings is 1. The summed E-state index contributed by atoms with van der Waals surface area (Å²) in [7, 11) is 0. The monoisotopic (exact) mass is 314 g/mol. The second-order valence-corrected chi connectivity index (χ2v) is 6.50. The number of ketones is 2. The van der Waals surface area contributed by atoms with Crippen LogP contribution in [0.5, 0.6) is 0 Å². The molecule has 0 saturated carbocycles. The zero-order chi connectivity index (χ0) is 17.0. The maximum atomic E-state index is 12.3. The Morgan fingerprint density at radius 2 is 1.65 bits per heavy atom. The van der Waals surface area contributed by atoms with E-state index in [0.29, 0.717) is 29.4 Å². The Morgan fingerprint density at radius 1 is 1.00 bits per heavy atom. The van der Waals surface area contributed by atoms with Gasteiger partial charge in [-0.15, -0.1) is 0 Å². The Balaban J connectivity index is 2.22. The molecular weight excluding hydrogens is 288 g/mol. The number of aliphatic hydroxyl groups excluding tert-OH is 1. The average Bonchev–Trinajstić information content (AvgIpc) is 2.56. The Kier molecular flexibility index (Phi) is 5.75. The number of aliphatic hydroxyl groups is 1. The van der Waals surface area contributed by atoms with Crippen LogP contribution in [-0.2, 0) is 4.79 Å². The summed E-state index contributed by atoms with van der Waals surface area (Å²) in [6.45, 7) is 6.58. The lowest BCUT2D eigenvalue weighted by Crippen LogP contribution is -2.24. The molecule has 1 aliphatic rings. The fourth-order valence-electron chi connectivity index (χ4n) is 3.56. The smallest absolute Gasteiger partial charge is 0.234 e. The normalized spacial score (nSPS) is 17.2. The first-order valence-electron chi connectivity index (χ1n) is 8.61. The highest BCUT2D eigenvalue weighted by Crippen LogP contribution is 2.33. The van der Waals surface area contributed by atoms with E-state index in [1.54, 1.807) is 24.3 Å². The number of carbonyl (C=O) groups is 2. The predicted molar refractivity (Wildman–Crippen MR) is 92.4 cm³/mol. The van der Waals surface area contributed by atoms with Crippen LogP contribution in [-0.4, -0.2) is 16.7 Å². The van der Waals surface area contributed by atoms with Crippen molar-refractivity contribution in [2.24, 2.45) is 11.8 Å². The van der Waals surface area contributed by atoms with Crippen molar-refractivity contribution in [3.63, 3.8) is 0 Å². The van der Waals surface area contributed by atoms with E-state index in [1.165, 1.54) is 6.42 Å². The number of hydrogen-bond donors (Lipinski definition) is 1. The summed E-state index contributed by atoms with van der Waals surface area (Å²) in [5, 5.41) is 10.4. The van der Waals surface area contributed by atoms with Gasteiger partial charge in [-0.1, -0.05) is 64.3 Å². The van der Waals surface area contributed by atoms with Gasteiger partial charge in [-0.2, -0.15) is 0 Å². The second-order valence-electron chi connectivity index (χ2n) is 6.50. The summed E-state index contributed by atoms with van der Waals surface area (Å²) in [5.74, 6) is 0.0511. The van der Waals surface area contributed by atoms with Gasteiger partial charge >= 0.3 is 0 Å². The molecule has 2 unspecified atom stereocenters. The minimum absolute atomic E-state index is 0.0109. The van der Waals surface area contributed by atoms with E-state index < -0.39 is 11.6 Å². The number of allylic oxidation sites excluding steroid dienone is 1. The minimum Gasteiger partial charge on any atom is -0.507 e. The Hall–Kier alpha value is -1.90. The summed E-state index contributed by atoms with van der Waals surface area (Å²) < 4.78 is 0. The molecule has 0 saturated heterocycles. The number of fused-ring (bicyclic) bond motifs is 1. The van der Waals surface area contributed by atoms with Crippen molar-refractivity contribution < 1.29 is 14.7 Å². The molecule has 0 spiro atoms. The molecule has 2 rings (SSSR count). The van der Waals surface area contributed by atoms with Gasteiger partial charge in [0.05, 0.1) is 0 Å². The zero-order valence-electron chi connectivity index (χ0n) is 14.3. The van der Waals surface area contributed by atoms with Gasteiger partial charge in [-0.05, 0) is 24.7 Å². The van der Waals surface area contributed by atoms with Gasteiger partial charge in [0.1, 0.15) is 5.76 Å². The van der Waals surface area contributed by atoms with Gasteiger partial charge in [0.2, 0.25) is 11.6 Å². The molecular formula is C20H26O3. The molecule has 1 aliphatic carbocycles. The summed E-state index contributed by atoms with van der Waals surface area (Å²) in [6.07, 6.45) is 4.67. The van der Waals surface area contributed by atoms with Crippen LogP contribution < -0.4 is 0 Å². The molecule has 124 valence electrons. The fraction of sp³-hybridized carbons (Fsp3) is 0.500. The predicted octanol–water partition coefficient (Wildman–Crippen LogP) is 4.96. The summed E-state index contributed by atoms with van der Waals surface area (Å²) in [5.41, 5.74) is 1.09. The first-order valence-corrected chi connectivity index (χ1v) is 8.61. The van der Waals surface area contributed by atoms with Gasteiger partial charge in [-0.3, -0.25) is 9.59 Å². The molecule has 1 aromatic carbocycles. The van der Waals surface area contributed by atoms with Crippen LogP contribution in [0.15, 0.2) is 29.8 Å². The number of hydrogen-bond acceptors (Lipinski definition) is 3. The van der Waals surface area contributed by atoms with Crippen LogP contribution in [0.2, 0.25) is 0 Å². The first-order chi connectivity index (χ1) is 11.0. The van der Waals surface area contributed by atoms with Gasteiger partial charge in [0.25, 0.3) is 0 Å². The lowest BCUT2D eigenvalue weighted by molar-refractivity contribution is -0.112. The highest BCUT2D eigenvalue weighted by molar-refractivity contribution is 6.52. The highest BCUT2D eigenvalue weighted by Gasteiger charge is 2.32. The largest absolute Gasteiger partial charge is 0.507 e. The van der Waals surface area contributed by atoms with Gasteiger partial charge in [-0.25, -0.2) is 0 Å². The SMILES string of the molecule is CCCC(C)C(CC)CCC1=C(O)c2ccccc2C(=O)C1=O. The molecule has 3 heteroatoms. The lowest BCUT2D eigenvalue weighted by Gasteiger charge is -2.24. The van der Waals surface area contributed by atoms with Crippen molar-refractivity contribution in [2.75, 3.05) is 0 Å². The maximum Gasteiger partial charge on any atom is 0.234 e. The third kappa shape index (κ3) is 3.54. The van der Waals surface area contributed by atoms with Crippen molar-refractivity contribution >= 4 is 17.3 Å². The van der Waals surface area contributed by atoms with Crippen LogP contribution in [0.1, 0.15) is 68.8 Å². The Labute approximate surface area is 138 Å². The molecule has 0 aliphatic heterocycles. The van der Waals surface area contributed by atoms with Gasteiger partial charge < -0.3 is 5.11 Å². The Morgan fingerprint density at radius 3 is 2.26 bits per heavy atom. The number of Topliss-reactive ketones (excluding diaryl/α,β-unsaturated/α-hetero) is 2. The molecule has 23 heavy (non-hydrogen) atoms. The van der Waals surface area contributed by atoms with Crippen molar-refractivity contribution in [3.05, 3.63) is 41.0 Å². The summed E-state index contributed by atoms with van der Waals surface area (Å²) >= 11 is 0. The van der Waals surface area contributed by atoms with Crippen LogP contribution in [0, 0.1) is 11.8 Å².